The average Bonchev–Trinajstić information content (AvgIpc) is 2.43. The number of carbonyl (C=O) groups is 1. The molecule has 2 rings (SSSR count). The summed E-state index contributed by atoms with van der Waals surface area (Å²) in [7, 11) is 0. The van der Waals surface area contributed by atoms with Crippen LogP contribution in [0.15, 0.2) is 23.1 Å². The highest BCUT2D eigenvalue weighted by molar-refractivity contribution is 7.80. The molecule has 0 saturated heterocycles. The molecule has 0 atom stereocenters. The molecule has 0 spiro atoms. The number of hydrogen-bond acceptors (Lipinski definition) is 4. The van der Waals surface area contributed by atoms with Gasteiger partial charge in [-0.3, -0.25) is 4.79 Å². The number of carbonyl (C=O) groups excluding carboxylic acids is 1. The summed E-state index contributed by atoms with van der Waals surface area (Å²) in [5.74, 6) is 0. The van der Waals surface area contributed by atoms with E-state index in [1.54, 1.807) is 6.07 Å². The highest BCUT2D eigenvalue weighted by atomic mass is 32.1. The van der Waals surface area contributed by atoms with Crippen molar-refractivity contribution >= 4 is 40.3 Å². The van der Waals surface area contributed by atoms with Gasteiger partial charge < -0.3 is 5.11 Å². The lowest BCUT2D eigenvalue weighted by Crippen LogP contribution is -1.75. The quantitative estimate of drug-likeness (QED) is 0.561. The van der Waals surface area contributed by atoms with E-state index in [9.17, 15) is 9.90 Å². The lowest BCUT2D eigenvalue weighted by atomic mass is 10.2. The molecular weight excluding hydrogens is 204 g/mol. The molecule has 13 heavy (non-hydrogen) atoms. The zero-order chi connectivity index (χ0) is 9.42. The summed E-state index contributed by atoms with van der Waals surface area (Å²) in [6.45, 7) is 0. The second-order valence-electron chi connectivity index (χ2n) is 2.59. The highest BCUT2D eigenvalue weighted by Crippen LogP contribution is 2.38. The maximum atomic E-state index is 10.6. The number of thiol groups is 1. The first-order valence-corrected chi connectivity index (χ1v) is 4.89. The van der Waals surface area contributed by atoms with Crippen LogP contribution in [0.4, 0.5) is 0 Å². The summed E-state index contributed by atoms with van der Waals surface area (Å²) in [6, 6.07) is 5.44. The normalized spacial score (nSPS) is 10.5. The van der Waals surface area contributed by atoms with E-state index >= 15 is 0 Å². The average molecular weight is 210 g/mol. The minimum Gasteiger partial charge on any atom is -0.499 e. The molecule has 0 aliphatic rings. The second kappa shape index (κ2) is 3.05. The van der Waals surface area contributed by atoms with Crippen LogP contribution in [-0.2, 0) is 0 Å². The standard InChI is InChI=1S/C9H6O2S2/c10-4-6-5-2-1-3-7(12)8(5)13-9(6)11/h1-4,11-12H. The number of aldehydes is 1. The first-order chi connectivity index (χ1) is 6.24. The van der Waals surface area contributed by atoms with Crippen molar-refractivity contribution in [2.75, 3.05) is 0 Å². The third-order valence-corrected chi connectivity index (χ3v) is 3.41. The summed E-state index contributed by atoms with van der Waals surface area (Å²) in [6.07, 6.45) is 0.668. The molecule has 0 aliphatic carbocycles. The molecule has 1 aromatic heterocycles. The van der Waals surface area contributed by atoms with Gasteiger partial charge in [0.1, 0.15) is 0 Å². The summed E-state index contributed by atoms with van der Waals surface area (Å²) >= 11 is 5.41. The van der Waals surface area contributed by atoms with E-state index in [0.717, 1.165) is 15.0 Å². The molecule has 2 nitrogen and oxygen atoms in total. The van der Waals surface area contributed by atoms with E-state index in [-0.39, 0.29) is 5.06 Å². The largest absolute Gasteiger partial charge is 0.499 e. The van der Waals surface area contributed by atoms with Crippen LogP contribution in [0.25, 0.3) is 10.1 Å². The van der Waals surface area contributed by atoms with Crippen molar-refractivity contribution in [2.45, 2.75) is 4.90 Å². The Hall–Kier alpha value is -1.00. The number of thiophene rings is 1. The third kappa shape index (κ3) is 1.22. The molecule has 0 fully saturated rings. The van der Waals surface area contributed by atoms with Crippen molar-refractivity contribution in [3.8, 4) is 5.06 Å². The molecule has 1 aromatic carbocycles. The summed E-state index contributed by atoms with van der Waals surface area (Å²) < 4.78 is 0.852. The van der Waals surface area contributed by atoms with Gasteiger partial charge in [-0.1, -0.05) is 23.5 Å². The van der Waals surface area contributed by atoms with Crippen molar-refractivity contribution < 1.29 is 9.90 Å². The topological polar surface area (TPSA) is 37.3 Å². The fourth-order valence-corrected chi connectivity index (χ4v) is 2.49. The van der Waals surface area contributed by atoms with Crippen LogP contribution in [0, 0.1) is 0 Å². The zero-order valence-corrected chi connectivity index (χ0v) is 8.23. The van der Waals surface area contributed by atoms with Gasteiger partial charge in [0.15, 0.2) is 11.3 Å². The van der Waals surface area contributed by atoms with Gasteiger partial charge in [0, 0.05) is 10.3 Å². The molecule has 0 saturated carbocycles. The SMILES string of the molecule is O=Cc1c(O)sc2c(S)cccc12. The Morgan fingerprint density at radius 2 is 2.23 bits per heavy atom. The van der Waals surface area contributed by atoms with Gasteiger partial charge >= 0.3 is 0 Å². The fraction of sp³-hybridized carbons (Fsp3) is 0. The minimum absolute atomic E-state index is 0.0616. The predicted octanol–water partition coefficient (Wildman–Crippen LogP) is 2.71. The smallest absolute Gasteiger partial charge is 0.183 e. The van der Waals surface area contributed by atoms with E-state index in [4.69, 9.17) is 0 Å². The molecule has 0 amide bonds. The number of aromatic hydroxyl groups is 1. The van der Waals surface area contributed by atoms with Crippen molar-refractivity contribution in [1.29, 1.82) is 0 Å². The molecule has 0 unspecified atom stereocenters. The van der Waals surface area contributed by atoms with Crippen LogP contribution in [0.1, 0.15) is 10.4 Å². The van der Waals surface area contributed by atoms with Crippen LogP contribution in [0.5, 0.6) is 5.06 Å². The van der Waals surface area contributed by atoms with Crippen LogP contribution in [0.2, 0.25) is 0 Å². The molecule has 0 aliphatic heterocycles. The molecule has 66 valence electrons. The lowest BCUT2D eigenvalue weighted by Gasteiger charge is -1.92. The Labute approximate surface area is 84.2 Å². The van der Waals surface area contributed by atoms with Crippen molar-refractivity contribution in [3.05, 3.63) is 23.8 Å². The molecule has 0 radical (unpaired) electrons. The van der Waals surface area contributed by atoms with Gasteiger partial charge in [0.2, 0.25) is 0 Å². The van der Waals surface area contributed by atoms with Gasteiger partial charge in [-0.25, -0.2) is 0 Å². The summed E-state index contributed by atoms with van der Waals surface area (Å²) in [5, 5.41) is 10.2. The van der Waals surface area contributed by atoms with Crippen LogP contribution in [-0.4, -0.2) is 11.4 Å². The predicted molar refractivity (Wildman–Crippen MR) is 56.1 cm³/mol. The third-order valence-electron chi connectivity index (χ3n) is 1.83. The van der Waals surface area contributed by atoms with Gasteiger partial charge in [-0.2, -0.15) is 0 Å². The number of hydrogen-bond donors (Lipinski definition) is 2. The summed E-state index contributed by atoms with van der Waals surface area (Å²) in [5.41, 5.74) is 0.357. The number of rotatable bonds is 1. The molecule has 2 aromatic rings. The van der Waals surface area contributed by atoms with Crippen LogP contribution in [0.3, 0.4) is 0 Å². The van der Waals surface area contributed by atoms with E-state index < -0.39 is 0 Å². The minimum atomic E-state index is 0.0616. The highest BCUT2D eigenvalue weighted by Gasteiger charge is 2.11. The van der Waals surface area contributed by atoms with Crippen molar-refractivity contribution in [2.24, 2.45) is 0 Å². The van der Waals surface area contributed by atoms with E-state index in [1.165, 1.54) is 11.3 Å². The van der Waals surface area contributed by atoms with Crippen molar-refractivity contribution in [3.63, 3.8) is 0 Å². The van der Waals surface area contributed by atoms with E-state index in [0.29, 0.717) is 11.8 Å². The van der Waals surface area contributed by atoms with Gasteiger partial charge in [0.25, 0.3) is 0 Å². The maximum Gasteiger partial charge on any atom is 0.183 e. The van der Waals surface area contributed by atoms with Gasteiger partial charge in [-0.15, -0.1) is 12.6 Å². The number of benzene rings is 1. The van der Waals surface area contributed by atoms with Crippen LogP contribution >= 0.6 is 24.0 Å². The maximum absolute atomic E-state index is 10.6. The first-order valence-electron chi connectivity index (χ1n) is 3.62. The van der Waals surface area contributed by atoms with E-state index in [1.807, 2.05) is 12.1 Å². The Bertz CT molecular complexity index is 474. The molecule has 1 heterocycles. The zero-order valence-electron chi connectivity index (χ0n) is 6.52. The summed E-state index contributed by atoms with van der Waals surface area (Å²) in [4.78, 5) is 11.4. The molecule has 0 bridgehead atoms. The van der Waals surface area contributed by atoms with Crippen molar-refractivity contribution in [1.82, 2.24) is 0 Å². The Balaban J connectivity index is 2.93. The van der Waals surface area contributed by atoms with Crippen LogP contribution < -0.4 is 0 Å². The molecular formula is C9H6O2S2. The number of fused-ring (bicyclic) bond motifs is 1. The lowest BCUT2D eigenvalue weighted by molar-refractivity contribution is 0.112. The second-order valence-corrected chi connectivity index (χ2v) is 4.07. The van der Waals surface area contributed by atoms with Gasteiger partial charge in [-0.05, 0) is 6.07 Å². The van der Waals surface area contributed by atoms with E-state index in [2.05, 4.69) is 12.6 Å². The molecule has 1 N–H and O–H groups in total. The molecule has 4 heteroatoms. The first kappa shape index (κ1) is 8.59. The Morgan fingerprint density at radius 3 is 2.92 bits per heavy atom. The fourth-order valence-electron chi connectivity index (χ4n) is 1.22. The van der Waals surface area contributed by atoms with Gasteiger partial charge in [0.05, 0.1) is 10.3 Å². The monoisotopic (exact) mass is 210 g/mol. The Kier molecular flexibility index (Phi) is 2.01. The Morgan fingerprint density at radius 1 is 1.46 bits per heavy atom.